The van der Waals surface area contributed by atoms with Gasteiger partial charge in [-0.3, -0.25) is 0 Å². The van der Waals surface area contributed by atoms with E-state index in [4.69, 9.17) is 10.8 Å². The number of hydrogen-bond donors (Lipinski definition) is 3. The summed E-state index contributed by atoms with van der Waals surface area (Å²) >= 11 is 0. The summed E-state index contributed by atoms with van der Waals surface area (Å²) in [4.78, 5) is 0. The van der Waals surface area contributed by atoms with Gasteiger partial charge in [0.2, 0.25) is 0 Å². The summed E-state index contributed by atoms with van der Waals surface area (Å²) in [5.74, 6) is -0.732. The molecule has 16 heavy (non-hydrogen) atoms. The Morgan fingerprint density at radius 3 is 2.56 bits per heavy atom. The third-order valence-electron chi connectivity index (χ3n) is 2.94. The quantitative estimate of drug-likeness (QED) is 0.736. The molecule has 0 saturated carbocycles. The number of rotatable bonds is 4. The number of phenolic OH excluding ortho intramolecular Hbond substituents is 1. The predicted octanol–water partition coefficient (Wildman–Crippen LogP) is 1.94. The van der Waals surface area contributed by atoms with Gasteiger partial charge in [-0.2, -0.15) is 0 Å². The number of halogens is 1. The normalized spacial score (nSPS) is 16.8. The van der Waals surface area contributed by atoms with E-state index in [-0.39, 0.29) is 17.2 Å². The Morgan fingerprint density at radius 2 is 2.06 bits per heavy atom. The highest BCUT2D eigenvalue weighted by molar-refractivity contribution is 5.30. The number of aliphatic hydroxyl groups is 1. The highest BCUT2D eigenvalue weighted by Gasteiger charge is 2.24. The van der Waals surface area contributed by atoms with E-state index in [2.05, 4.69) is 0 Å². The van der Waals surface area contributed by atoms with Crippen LogP contribution < -0.4 is 5.73 Å². The van der Waals surface area contributed by atoms with Crippen molar-refractivity contribution in [2.24, 2.45) is 11.7 Å². The largest absolute Gasteiger partial charge is 0.508 e. The second-order valence-corrected chi connectivity index (χ2v) is 4.11. The van der Waals surface area contributed by atoms with Crippen molar-refractivity contribution in [2.75, 3.05) is 0 Å². The third-order valence-corrected chi connectivity index (χ3v) is 2.94. The Bertz CT molecular complexity index is 357. The SMILES string of the molecule is CCC(C)[C@H](O)[C@H](N)c1ccc(O)cc1F. The van der Waals surface area contributed by atoms with Crippen LogP contribution in [0, 0.1) is 11.7 Å². The monoisotopic (exact) mass is 227 g/mol. The van der Waals surface area contributed by atoms with E-state index in [9.17, 15) is 9.50 Å². The Hall–Kier alpha value is -1.13. The molecule has 0 aliphatic heterocycles. The number of nitrogens with two attached hydrogens (primary N) is 1. The van der Waals surface area contributed by atoms with E-state index in [0.717, 1.165) is 12.5 Å². The fraction of sp³-hybridized carbons (Fsp3) is 0.500. The Morgan fingerprint density at radius 1 is 1.44 bits per heavy atom. The molecule has 0 aliphatic rings. The zero-order chi connectivity index (χ0) is 12.3. The van der Waals surface area contributed by atoms with Gasteiger partial charge in [0.05, 0.1) is 12.1 Å². The summed E-state index contributed by atoms with van der Waals surface area (Å²) in [7, 11) is 0. The zero-order valence-electron chi connectivity index (χ0n) is 9.52. The molecular weight excluding hydrogens is 209 g/mol. The molecule has 3 nitrogen and oxygen atoms in total. The van der Waals surface area contributed by atoms with Gasteiger partial charge in [0.1, 0.15) is 11.6 Å². The summed E-state index contributed by atoms with van der Waals surface area (Å²) in [6.45, 7) is 3.80. The standard InChI is InChI=1S/C12H18FNO2/c1-3-7(2)12(16)11(14)9-5-4-8(15)6-10(9)13/h4-7,11-12,15-16H,3,14H2,1-2H3/t7?,11-,12+/m1/s1. The van der Waals surface area contributed by atoms with Gasteiger partial charge in [-0.1, -0.05) is 26.3 Å². The molecule has 0 aliphatic carbocycles. The van der Waals surface area contributed by atoms with Crippen molar-refractivity contribution in [1.29, 1.82) is 0 Å². The smallest absolute Gasteiger partial charge is 0.131 e. The molecule has 1 aromatic rings. The lowest BCUT2D eigenvalue weighted by atomic mass is 9.91. The number of aliphatic hydroxyl groups excluding tert-OH is 1. The first-order chi connectivity index (χ1) is 7.47. The first kappa shape index (κ1) is 12.9. The zero-order valence-corrected chi connectivity index (χ0v) is 9.52. The van der Waals surface area contributed by atoms with Crippen LogP contribution in [-0.4, -0.2) is 16.3 Å². The van der Waals surface area contributed by atoms with Gasteiger partial charge in [-0.25, -0.2) is 4.39 Å². The van der Waals surface area contributed by atoms with Crippen LogP contribution in [0.3, 0.4) is 0 Å². The molecule has 0 heterocycles. The summed E-state index contributed by atoms with van der Waals surface area (Å²) in [6.07, 6.45) is -0.0155. The summed E-state index contributed by atoms with van der Waals surface area (Å²) in [5, 5.41) is 18.9. The average Bonchev–Trinajstić information content (AvgIpc) is 2.26. The number of phenols is 1. The van der Waals surface area contributed by atoms with Crippen LogP contribution in [0.1, 0.15) is 31.9 Å². The van der Waals surface area contributed by atoms with Crippen LogP contribution in [0.15, 0.2) is 18.2 Å². The third kappa shape index (κ3) is 2.71. The lowest BCUT2D eigenvalue weighted by Gasteiger charge is -2.24. The number of aromatic hydroxyl groups is 1. The van der Waals surface area contributed by atoms with Gasteiger partial charge < -0.3 is 15.9 Å². The lowest BCUT2D eigenvalue weighted by molar-refractivity contribution is 0.0867. The van der Waals surface area contributed by atoms with Gasteiger partial charge in [-0.05, 0) is 12.0 Å². The maximum Gasteiger partial charge on any atom is 0.131 e. The second-order valence-electron chi connectivity index (χ2n) is 4.11. The fourth-order valence-electron chi connectivity index (χ4n) is 1.57. The van der Waals surface area contributed by atoms with Gasteiger partial charge in [0, 0.05) is 11.6 Å². The molecule has 0 saturated heterocycles. The first-order valence-corrected chi connectivity index (χ1v) is 5.39. The van der Waals surface area contributed by atoms with Crippen LogP contribution in [0.5, 0.6) is 5.75 Å². The van der Waals surface area contributed by atoms with Gasteiger partial charge in [-0.15, -0.1) is 0 Å². The molecular formula is C12H18FNO2. The Balaban J connectivity index is 2.91. The molecule has 4 N–H and O–H groups in total. The van der Waals surface area contributed by atoms with Crippen molar-refractivity contribution in [2.45, 2.75) is 32.4 Å². The minimum Gasteiger partial charge on any atom is -0.508 e. The molecule has 1 rings (SSSR count). The van der Waals surface area contributed by atoms with Gasteiger partial charge in [0.15, 0.2) is 0 Å². The summed E-state index contributed by atoms with van der Waals surface area (Å²) in [5.41, 5.74) is 6.02. The molecule has 0 fully saturated rings. The molecule has 3 atom stereocenters. The predicted molar refractivity (Wildman–Crippen MR) is 60.5 cm³/mol. The van der Waals surface area contributed by atoms with E-state index in [1.165, 1.54) is 12.1 Å². The van der Waals surface area contributed by atoms with Crippen molar-refractivity contribution < 1.29 is 14.6 Å². The molecule has 0 bridgehead atoms. The van der Waals surface area contributed by atoms with Crippen molar-refractivity contribution in [3.8, 4) is 5.75 Å². The van der Waals surface area contributed by atoms with Crippen molar-refractivity contribution in [1.82, 2.24) is 0 Å². The summed E-state index contributed by atoms with van der Waals surface area (Å²) in [6, 6.07) is 3.00. The van der Waals surface area contributed by atoms with Crippen molar-refractivity contribution >= 4 is 0 Å². The highest BCUT2D eigenvalue weighted by atomic mass is 19.1. The molecule has 1 aromatic carbocycles. The van der Waals surface area contributed by atoms with Crippen LogP contribution in [0.25, 0.3) is 0 Å². The summed E-state index contributed by atoms with van der Waals surface area (Å²) < 4.78 is 13.5. The maximum atomic E-state index is 13.5. The van der Waals surface area contributed by atoms with Crippen molar-refractivity contribution in [3.63, 3.8) is 0 Å². The van der Waals surface area contributed by atoms with Crippen LogP contribution in [0.2, 0.25) is 0 Å². The lowest BCUT2D eigenvalue weighted by Crippen LogP contribution is -2.32. The van der Waals surface area contributed by atoms with Crippen LogP contribution >= 0.6 is 0 Å². The second kappa shape index (κ2) is 5.27. The van der Waals surface area contributed by atoms with E-state index < -0.39 is 18.0 Å². The van der Waals surface area contributed by atoms with Crippen molar-refractivity contribution in [3.05, 3.63) is 29.6 Å². The molecule has 1 unspecified atom stereocenters. The Labute approximate surface area is 94.7 Å². The van der Waals surface area contributed by atoms with E-state index in [0.29, 0.717) is 0 Å². The fourth-order valence-corrected chi connectivity index (χ4v) is 1.57. The van der Waals surface area contributed by atoms with Gasteiger partial charge in [0.25, 0.3) is 0 Å². The molecule has 0 spiro atoms. The molecule has 90 valence electrons. The first-order valence-electron chi connectivity index (χ1n) is 5.39. The molecule has 0 amide bonds. The maximum absolute atomic E-state index is 13.5. The molecule has 0 radical (unpaired) electrons. The van der Waals surface area contributed by atoms with Crippen LogP contribution in [-0.2, 0) is 0 Å². The van der Waals surface area contributed by atoms with E-state index >= 15 is 0 Å². The Kier molecular flexibility index (Phi) is 4.26. The molecule has 0 aromatic heterocycles. The topological polar surface area (TPSA) is 66.5 Å². The molecule has 4 heteroatoms. The van der Waals surface area contributed by atoms with E-state index in [1.54, 1.807) is 0 Å². The average molecular weight is 227 g/mol. The number of hydrogen-bond acceptors (Lipinski definition) is 3. The highest BCUT2D eigenvalue weighted by Crippen LogP contribution is 2.25. The van der Waals surface area contributed by atoms with Gasteiger partial charge >= 0.3 is 0 Å². The minimum absolute atomic E-state index is 0.00297. The van der Waals surface area contributed by atoms with E-state index in [1.807, 2.05) is 13.8 Å². The van der Waals surface area contributed by atoms with Crippen LogP contribution in [0.4, 0.5) is 4.39 Å². The minimum atomic E-state index is -0.788. The number of benzene rings is 1.